The summed E-state index contributed by atoms with van der Waals surface area (Å²) in [7, 11) is 0. The molecule has 1 aromatic carbocycles. The van der Waals surface area contributed by atoms with Crippen LogP contribution in [-0.4, -0.2) is 39.0 Å². The van der Waals surface area contributed by atoms with Crippen LogP contribution in [0.5, 0.6) is 0 Å². The first-order valence-corrected chi connectivity index (χ1v) is 10.8. The van der Waals surface area contributed by atoms with E-state index >= 15 is 0 Å². The van der Waals surface area contributed by atoms with Crippen molar-refractivity contribution in [3.05, 3.63) is 30.1 Å². The number of rotatable bonds is 6. The molecule has 1 aliphatic heterocycles. The van der Waals surface area contributed by atoms with Crippen LogP contribution in [0.15, 0.2) is 29.4 Å². The fourth-order valence-electron chi connectivity index (χ4n) is 3.45. The Labute approximate surface area is 168 Å². The number of nitrogens with one attached hydrogen (secondary N) is 1. The highest BCUT2D eigenvalue weighted by Crippen LogP contribution is 2.42. The summed E-state index contributed by atoms with van der Waals surface area (Å²) >= 11 is 1.41. The van der Waals surface area contributed by atoms with Gasteiger partial charge in [-0.15, -0.1) is 10.2 Å². The van der Waals surface area contributed by atoms with Crippen molar-refractivity contribution in [1.82, 2.24) is 14.8 Å². The summed E-state index contributed by atoms with van der Waals surface area (Å²) in [5, 5.41) is 12.1. The smallest absolute Gasteiger partial charge is 0.237 e. The molecule has 0 bridgehead atoms. The summed E-state index contributed by atoms with van der Waals surface area (Å²) in [5.41, 5.74) is 0.462. The van der Waals surface area contributed by atoms with E-state index in [4.69, 9.17) is 0 Å². The minimum Gasteiger partial charge on any atom is -0.341 e. The fraction of sp³-hybridized carbons (Fsp3) is 0.550. The van der Waals surface area contributed by atoms with E-state index in [-0.39, 0.29) is 17.0 Å². The second kappa shape index (κ2) is 8.11. The molecule has 1 N–H and O–H groups in total. The number of nitrogens with zero attached hydrogens (tertiary/aromatic N) is 4. The zero-order valence-corrected chi connectivity index (χ0v) is 17.1. The molecule has 2 aliphatic rings. The lowest BCUT2D eigenvalue weighted by molar-refractivity contribution is -0.115. The SMILES string of the molecule is CC1CCN(c2nnc(SC(C)C(=O)Nc3cccc(F)c3)n2C2CC2)CC1. The number of hydrogen-bond donors (Lipinski definition) is 1. The molecule has 1 saturated heterocycles. The van der Waals surface area contributed by atoms with Crippen molar-refractivity contribution in [2.75, 3.05) is 23.3 Å². The van der Waals surface area contributed by atoms with Gasteiger partial charge in [0.2, 0.25) is 11.9 Å². The van der Waals surface area contributed by atoms with Crippen molar-refractivity contribution >= 4 is 29.3 Å². The normalized spacial score (nSPS) is 18.9. The molecule has 1 aliphatic carbocycles. The number of hydrogen-bond acceptors (Lipinski definition) is 5. The number of piperidine rings is 1. The zero-order chi connectivity index (χ0) is 19.7. The van der Waals surface area contributed by atoms with Gasteiger partial charge < -0.3 is 10.2 Å². The largest absolute Gasteiger partial charge is 0.341 e. The van der Waals surface area contributed by atoms with Gasteiger partial charge in [0.1, 0.15) is 5.82 Å². The molecule has 0 spiro atoms. The van der Waals surface area contributed by atoms with E-state index in [0.717, 1.165) is 43.0 Å². The van der Waals surface area contributed by atoms with Gasteiger partial charge in [-0.2, -0.15) is 0 Å². The predicted molar refractivity (Wildman–Crippen MR) is 109 cm³/mol. The molecule has 1 unspecified atom stereocenters. The number of anilines is 2. The number of aromatic nitrogens is 3. The molecule has 150 valence electrons. The van der Waals surface area contributed by atoms with Gasteiger partial charge >= 0.3 is 0 Å². The molecule has 28 heavy (non-hydrogen) atoms. The third kappa shape index (κ3) is 4.32. The number of carbonyl (C=O) groups is 1. The highest BCUT2D eigenvalue weighted by atomic mass is 32.2. The Hall–Kier alpha value is -2.09. The summed E-state index contributed by atoms with van der Waals surface area (Å²) in [6.45, 7) is 6.15. The van der Waals surface area contributed by atoms with Gasteiger partial charge in [0.05, 0.1) is 5.25 Å². The number of amides is 1. The fourth-order valence-corrected chi connectivity index (χ4v) is 4.36. The Morgan fingerprint density at radius 1 is 1.25 bits per heavy atom. The molecule has 4 rings (SSSR count). The van der Waals surface area contributed by atoms with Gasteiger partial charge in [0.25, 0.3) is 0 Å². The molecule has 2 heterocycles. The molecule has 1 saturated carbocycles. The maximum absolute atomic E-state index is 13.3. The molecule has 8 heteroatoms. The standard InChI is InChI=1S/C20H26FN5OS/c1-13-8-10-25(11-9-13)19-23-24-20(26(19)17-6-7-17)28-14(2)18(27)22-16-5-3-4-15(21)12-16/h3-5,12-14,17H,6-11H2,1-2H3,(H,22,27). The summed E-state index contributed by atoms with van der Waals surface area (Å²) in [6, 6.07) is 6.37. The third-order valence-corrected chi connectivity index (χ3v) is 6.43. The third-order valence-electron chi connectivity index (χ3n) is 5.37. The summed E-state index contributed by atoms with van der Waals surface area (Å²) in [5.74, 6) is 1.16. The molecule has 6 nitrogen and oxygen atoms in total. The summed E-state index contributed by atoms with van der Waals surface area (Å²) in [4.78, 5) is 14.9. The maximum Gasteiger partial charge on any atom is 0.237 e. The van der Waals surface area contributed by atoms with E-state index in [9.17, 15) is 9.18 Å². The van der Waals surface area contributed by atoms with Crippen LogP contribution in [0.1, 0.15) is 45.6 Å². The van der Waals surface area contributed by atoms with Crippen LogP contribution in [0.3, 0.4) is 0 Å². The van der Waals surface area contributed by atoms with Crippen molar-refractivity contribution in [2.24, 2.45) is 5.92 Å². The van der Waals surface area contributed by atoms with Gasteiger partial charge in [0.15, 0.2) is 5.16 Å². The highest BCUT2D eigenvalue weighted by Gasteiger charge is 2.33. The Bertz CT molecular complexity index is 845. The molecule has 1 atom stereocenters. The first kappa shape index (κ1) is 19.2. The van der Waals surface area contributed by atoms with Crippen LogP contribution in [-0.2, 0) is 4.79 Å². The Morgan fingerprint density at radius 2 is 2.00 bits per heavy atom. The average molecular weight is 404 g/mol. The molecule has 2 fully saturated rings. The van der Waals surface area contributed by atoms with Gasteiger partial charge in [-0.05, 0) is 56.7 Å². The predicted octanol–water partition coefficient (Wildman–Crippen LogP) is 4.11. The molecule has 0 radical (unpaired) electrons. The molecular weight excluding hydrogens is 377 g/mol. The Kier molecular flexibility index (Phi) is 5.57. The van der Waals surface area contributed by atoms with Crippen molar-refractivity contribution in [1.29, 1.82) is 0 Å². The first-order chi connectivity index (χ1) is 13.5. The quantitative estimate of drug-likeness (QED) is 0.736. The average Bonchev–Trinajstić information content (AvgIpc) is 3.43. The van der Waals surface area contributed by atoms with Crippen molar-refractivity contribution in [3.63, 3.8) is 0 Å². The molecule has 2 aromatic rings. The van der Waals surface area contributed by atoms with E-state index < -0.39 is 0 Å². The summed E-state index contributed by atoms with van der Waals surface area (Å²) < 4.78 is 15.6. The van der Waals surface area contributed by atoms with Crippen LogP contribution < -0.4 is 10.2 Å². The van der Waals surface area contributed by atoms with E-state index in [1.807, 2.05) is 6.92 Å². The van der Waals surface area contributed by atoms with E-state index in [2.05, 4.69) is 31.9 Å². The number of halogens is 1. The van der Waals surface area contributed by atoms with Crippen LogP contribution in [0.2, 0.25) is 0 Å². The Balaban J connectivity index is 1.46. The highest BCUT2D eigenvalue weighted by molar-refractivity contribution is 8.00. The second-order valence-electron chi connectivity index (χ2n) is 7.81. The van der Waals surface area contributed by atoms with Crippen LogP contribution in [0.25, 0.3) is 0 Å². The Morgan fingerprint density at radius 3 is 2.68 bits per heavy atom. The topological polar surface area (TPSA) is 63.1 Å². The lowest BCUT2D eigenvalue weighted by atomic mass is 10.00. The number of benzene rings is 1. The lowest BCUT2D eigenvalue weighted by Gasteiger charge is -2.31. The van der Waals surface area contributed by atoms with Crippen LogP contribution in [0.4, 0.5) is 16.0 Å². The van der Waals surface area contributed by atoms with Gasteiger partial charge in [-0.3, -0.25) is 9.36 Å². The van der Waals surface area contributed by atoms with Crippen LogP contribution in [0, 0.1) is 11.7 Å². The van der Waals surface area contributed by atoms with Gasteiger partial charge in [0, 0.05) is 24.8 Å². The first-order valence-electron chi connectivity index (χ1n) is 9.94. The summed E-state index contributed by atoms with van der Waals surface area (Å²) in [6.07, 6.45) is 4.61. The van der Waals surface area contributed by atoms with E-state index in [1.165, 1.54) is 36.7 Å². The van der Waals surface area contributed by atoms with Crippen molar-refractivity contribution in [2.45, 2.75) is 56.0 Å². The van der Waals surface area contributed by atoms with Crippen molar-refractivity contribution in [3.8, 4) is 0 Å². The lowest BCUT2D eigenvalue weighted by Crippen LogP contribution is -2.34. The number of carbonyl (C=O) groups excluding carboxylic acids is 1. The molecular formula is C20H26FN5OS. The van der Waals surface area contributed by atoms with Gasteiger partial charge in [-0.1, -0.05) is 24.8 Å². The molecule has 1 aromatic heterocycles. The molecule has 1 amide bonds. The zero-order valence-electron chi connectivity index (χ0n) is 16.3. The van der Waals surface area contributed by atoms with E-state index in [0.29, 0.717) is 11.7 Å². The maximum atomic E-state index is 13.3. The number of thioether (sulfide) groups is 1. The van der Waals surface area contributed by atoms with Crippen molar-refractivity contribution < 1.29 is 9.18 Å². The van der Waals surface area contributed by atoms with E-state index in [1.54, 1.807) is 12.1 Å². The minimum atomic E-state index is -0.368. The van der Waals surface area contributed by atoms with Crippen LogP contribution >= 0.6 is 11.8 Å². The van der Waals surface area contributed by atoms with Gasteiger partial charge in [-0.25, -0.2) is 4.39 Å². The monoisotopic (exact) mass is 403 g/mol. The minimum absolute atomic E-state index is 0.172. The second-order valence-corrected chi connectivity index (χ2v) is 9.12.